The van der Waals surface area contributed by atoms with Crippen LogP contribution in [0.4, 0.5) is 4.79 Å². The van der Waals surface area contributed by atoms with E-state index >= 15 is 0 Å². The first-order valence-corrected chi connectivity index (χ1v) is 8.46. The van der Waals surface area contributed by atoms with Crippen molar-refractivity contribution in [3.05, 3.63) is 41.5 Å². The molecule has 1 aromatic rings. The molecule has 0 bridgehead atoms. The van der Waals surface area contributed by atoms with Gasteiger partial charge in [-0.25, -0.2) is 4.79 Å². The molecule has 2 amide bonds. The van der Waals surface area contributed by atoms with E-state index in [2.05, 4.69) is 0 Å². The summed E-state index contributed by atoms with van der Waals surface area (Å²) < 4.78 is 10.1. The van der Waals surface area contributed by atoms with Gasteiger partial charge in [-0.1, -0.05) is 23.8 Å². The quantitative estimate of drug-likeness (QED) is 0.786. The van der Waals surface area contributed by atoms with Gasteiger partial charge in [-0.2, -0.15) is 0 Å². The molecule has 25 heavy (non-hydrogen) atoms. The molecule has 0 aromatic heterocycles. The van der Waals surface area contributed by atoms with E-state index in [9.17, 15) is 9.59 Å². The summed E-state index contributed by atoms with van der Waals surface area (Å²) in [5.41, 5.74) is 2.03. The number of hydrogen-bond donors (Lipinski definition) is 0. The van der Waals surface area contributed by atoms with Crippen LogP contribution in [0.1, 0.15) is 18.9 Å². The standard InChI is InChI=1S/C19H26N2O4/c1-15(13-16-7-4-5-8-17(16)24-2)14-18(22)20-9-6-10-21(12-11-20)19(23)25-3/h4-5,7-8,14H,6,9-13H2,1-3H3/b15-14+. The van der Waals surface area contributed by atoms with Crippen LogP contribution in [0.3, 0.4) is 0 Å². The summed E-state index contributed by atoms with van der Waals surface area (Å²) in [6, 6.07) is 7.81. The number of benzene rings is 1. The van der Waals surface area contributed by atoms with Crippen LogP contribution in [0, 0.1) is 0 Å². The van der Waals surface area contributed by atoms with Gasteiger partial charge >= 0.3 is 6.09 Å². The van der Waals surface area contributed by atoms with E-state index in [-0.39, 0.29) is 12.0 Å². The first kappa shape index (κ1) is 18.8. The third-order valence-corrected chi connectivity index (χ3v) is 4.27. The van der Waals surface area contributed by atoms with Crippen molar-refractivity contribution in [1.82, 2.24) is 9.80 Å². The number of amides is 2. The summed E-state index contributed by atoms with van der Waals surface area (Å²) >= 11 is 0. The van der Waals surface area contributed by atoms with Crippen molar-refractivity contribution in [1.29, 1.82) is 0 Å². The molecule has 1 heterocycles. The maximum absolute atomic E-state index is 12.5. The summed E-state index contributed by atoms with van der Waals surface area (Å²) in [5, 5.41) is 0. The van der Waals surface area contributed by atoms with Gasteiger partial charge in [-0.3, -0.25) is 4.79 Å². The topological polar surface area (TPSA) is 59.1 Å². The number of hydrogen-bond acceptors (Lipinski definition) is 4. The highest BCUT2D eigenvalue weighted by atomic mass is 16.5. The molecule has 1 aliphatic rings. The van der Waals surface area contributed by atoms with Crippen LogP contribution in [-0.4, -0.2) is 62.2 Å². The lowest BCUT2D eigenvalue weighted by molar-refractivity contribution is -0.125. The van der Waals surface area contributed by atoms with E-state index in [0.717, 1.165) is 23.3 Å². The minimum Gasteiger partial charge on any atom is -0.496 e. The van der Waals surface area contributed by atoms with Crippen molar-refractivity contribution < 1.29 is 19.1 Å². The van der Waals surface area contributed by atoms with Crippen molar-refractivity contribution in [2.24, 2.45) is 0 Å². The van der Waals surface area contributed by atoms with E-state index in [1.54, 1.807) is 23.0 Å². The Bertz CT molecular complexity index is 642. The number of methoxy groups -OCH3 is 2. The molecule has 0 saturated carbocycles. The molecule has 2 rings (SSSR count). The lowest BCUT2D eigenvalue weighted by atomic mass is 10.0. The second-order valence-electron chi connectivity index (χ2n) is 6.12. The van der Waals surface area contributed by atoms with Crippen molar-refractivity contribution in [2.45, 2.75) is 19.8 Å². The van der Waals surface area contributed by atoms with Crippen molar-refractivity contribution in [3.63, 3.8) is 0 Å². The molecule has 0 radical (unpaired) electrons. The van der Waals surface area contributed by atoms with Crippen molar-refractivity contribution in [2.75, 3.05) is 40.4 Å². The molecule has 1 fully saturated rings. The lowest BCUT2D eigenvalue weighted by Crippen LogP contribution is -2.36. The Morgan fingerprint density at radius 2 is 1.76 bits per heavy atom. The third kappa shape index (κ3) is 5.24. The van der Waals surface area contributed by atoms with Crippen LogP contribution in [0.2, 0.25) is 0 Å². The largest absolute Gasteiger partial charge is 0.496 e. The van der Waals surface area contributed by atoms with Gasteiger partial charge in [-0.15, -0.1) is 0 Å². The second-order valence-corrected chi connectivity index (χ2v) is 6.12. The zero-order valence-corrected chi connectivity index (χ0v) is 15.2. The van der Waals surface area contributed by atoms with Crippen LogP contribution >= 0.6 is 0 Å². The van der Waals surface area contributed by atoms with E-state index in [0.29, 0.717) is 32.6 Å². The van der Waals surface area contributed by atoms with E-state index in [4.69, 9.17) is 9.47 Å². The summed E-state index contributed by atoms with van der Waals surface area (Å²) in [6.07, 6.45) is 2.76. The Kier molecular flexibility index (Phi) is 6.86. The Morgan fingerprint density at radius 3 is 2.48 bits per heavy atom. The van der Waals surface area contributed by atoms with Gasteiger partial charge < -0.3 is 19.3 Å². The molecule has 0 spiro atoms. The third-order valence-electron chi connectivity index (χ3n) is 4.27. The molecule has 6 heteroatoms. The zero-order chi connectivity index (χ0) is 18.2. The van der Waals surface area contributed by atoms with E-state index in [1.807, 2.05) is 31.2 Å². The summed E-state index contributed by atoms with van der Waals surface area (Å²) in [5.74, 6) is 0.810. The molecular formula is C19H26N2O4. The molecule has 6 nitrogen and oxygen atoms in total. The van der Waals surface area contributed by atoms with Crippen molar-refractivity contribution in [3.8, 4) is 5.75 Å². The fraction of sp³-hybridized carbons (Fsp3) is 0.474. The van der Waals surface area contributed by atoms with Gasteiger partial charge in [0, 0.05) is 32.3 Å². The number of carbonyl (C=O) groups excluding carboxylic acids is 2. The zero-order valence-electron chi connectivity index (χ0n) is 15.2. The molecule has 1 aliphatic heterocycles. The highest BCUT2D eigenvalue weighted by molar-refractivity contribution is 5.88. The number of rotatable bonds is 4. The van der Waals surface area contributed by atoms with Gasteiger partial charge in [0.15, 0.2) is 0 Å². The predicted molar refractivity (Wildman–Crippen MR) is 95.6 cm³/mol. The maximum atomic E-state index is 12.5. The minimum atomic E-state index is -0.336. The molecule has 1 aromatic carbocycles. The highest BCUT2D eigenvalue weighted by Gasteiger charge is 2.21. The number of para-hydroxylation sites is 1. The smallest absolute Gasteiger partial charge is 0.409 e. The summed E-state index contributed by atoms with van der Waals surface area (Å²) in [4.78, 5) is 27.6. The average Bonchev–Trinajstić information content (AvgIpc) is 2.87. The van der Waals surface area contributed by atoms with Crippen LogP contribution in [0.15, 0.2) is 35.9 Å². The fourth-order valence-corrected chi connectivity index (χ4v) is 2.95. The first-order valence-electron chi connectivity index (χ1n) is 8.46. The average molecular weight is 346 g/mol. The number of allylic oxidation sites excluding steroid dienone is 1. The van der Waals surface area contributed by atoms with Gasteiger partial charge in [0.05, 0.1) is 14.2 Å². The molecule has 0 aliphatic carbocycles. The Labute approximate surface area is 149 Å². The SMILES string of the molecule is COC(=O)N1CCCN(C(=O)/C=C(\C)Cc2ccccc2OC)CC1. The van der Waals surface area contributed by atoms with E-state index in [1.165, 1.54) is 7.11 Å². The molecule has 0 atom stereocenters. The van der Waals surface area contributed by atoms with Gasteiger partial charge in [0.2, 0.25) is 5.91 Å². The molecule has 136 valence electrons. The monoisotopic (exact) mass is 346 g/mol. The summed E-state index contributed by atoms with van der Waals surface area (Å²) in [6.45, 7) is 4.22. The van der Waals surface area contributed by atoms with Crippen LogP contribution in [0.5, 0.6) is 5.75 Å². The molecular weight excluding hydrogens is 320 g/mol. The van der Waals surface area contributed by atoms with Gasteiger partial charge in [-0.05, 0) is 31.4 Å². The number of nitrogens with zero attached hydrogens (tertiary/aromatic N) is 2. The Morgan fingerprint density at radius 1 is 1.08 bits per heavy atom. The normalized spacial score (nSPS) is 15.6. The van der Waals surface area contributed by atoms with Gasteiger partial charge in [0.25, 0.3) is 0 Å². The first-order chi connectivity index (χ1) is 12.0. The molecule has 1 saturated heterocycles. The minimum absolute atomic E-state index is 0.0147. The maximum Gasteiger partial charge on any atom is 0.409 e. The van der Waals surface area contributed by atoms with Crippen LogP contribution in [0.25, 0.3) is 0 Å². The predicted octanol–water partition coefficient (Wildman–Crippen LogP) is 2.48. The van der Waals surface area contributed by atoms with Crippen LogP contribution < -0.4 is 4.74 Å². The number of ether oxygens (including phenoxy) is 2. The Hall–Kier alpha value is -2.50. The van der Waals surface area contributed by atoms with Gasteiger partial charge in [0.1, 0.15) is 5.75 Å². The fourth-order valence-electron chi connectivity index (χ4n) is 2.95. The Balaban J connectivity index is 1.97. The second kappa shape index (κ2) is 9.11. The molecule has 0 unspecified atom stereocenters. The highest BCUT2D eigenvalue weighted by Crippen LogP contribution is 2.20. The van der Waals surface area contributed by atoms with E-state index < -0.39 is 0 Å². The number of carbonyl (C=O) groups is 2. The van der Waals surface area contributed by atoms with Crippen LogP contribution in [-0.2, 0) is 16.0 Å². The molecule has 0 N–H and O–H groups in total. The lowest BCUT2D eigenvalue weighted by Gasteiger charge is -2.20. The van der Waals surface area contributed by atoms with Crippen molar-refractivity contribution >= 4 is 12.0 Å². The summed E-state index contributed by atoms with van der Waals surface area (Å²) in [7, 11) is 3.02.